The van der Waals surface area contributed by atoms with E-state index >= 15 is 0 Å². The third kappa shape index (κ3) is 0.755. The fourth-order valence-electron chi connectivity index (χ4n) is 2.43. The van der Waals surface area contributed by atoms with E-state index in [1.54, 1.807) is 0 Å². The van der Waals surface area contributed by atoms with Crippen LogP contribution in [0.1, 0.15) is 25.7 Å². The molecule has 0 radical (unpaired) electrons. The van der Waals surface area contributed by atoms with Gasteiger partial charge in [-0.3, -0.25) is 0 Å². The second-order valence-electron chi connectivity index (χ2n) is 3.72. The number of nitrogens with two attached hydrogens (primary N) is 1. The summed E-state index contributed by atoms with van der Waals surface area (Å²) in [5.74, 6) is 0. The molecule has 0 saturated heterocycles. The van der Waals surface area contributed by atoms with Gasteiger partial charge in [-0.1, -0.05) is 22.6 Å². The standard InChI is InChI=1S/C7H12IN/c8-7-3-6(4-7,5-7)1-2-9/h1-5,9H2. The lowest BCUT2D eigenvalue weighted by Crippen LogP contribution is -2.63. The summed E-state index contributed by atoms with van der Waals surface area (Å²) in [6, 6.07) is 0. The fraction of sp³-hybridized carbons (Fsp3) is 1.00. The molecule has 0 aromatic heterocycles. The zero-order valence-electron chi connectivity index (χ0n) is 5.49. The highest BCUT2D eigenvalue weighted by Gasteiger charge is 2.65. The lowest BCUT2D eigenvalue weighted by molar-refractivity contribution is -0.0670. The van der Waals surface area contributed by atoms with Crippen LogP contribution in [0.3, 0.4) is 0 Å². The van der Waals surface area contributed by atoms with Crippen molar-refractivity contribution in [1.82, 2.24) is 0 Å². The smallest absolute Gasteiger partial charge is 0.0238 e. The summed E-state index contributed by atoms with van der Waals surface area (Å²) in [5.41, 5.74) is 6.24. The van der Waals surface area contributed by atoms with Crippen LogP contribution in [-0.4, -0.2) is 9.97 Å². The first-order valence-corrected chi connectivity index (χ1v) is 4.65. The van der Waals surface area contributed by atoms with Gasteiger partial charge in [0.25, 0.3) is 0 Å². The summed E-state index contributed by atoms with van der Waals surface area (Å²) in [7, 11) is 0. The van der Waals surface area contributed by atoms with Crippen LogP contribution in [0, 0.1) is 5.41 Å². The molecule has 3 saturated carbocycles. The van der Waals surface area contributed by atoms with Crippen molar-refractivity contribution in [1.29, 1.82) is 0 Å². The molecule has 3 rings (SSSR count). The van der Waals surface area contributed by atoms with Gasteiger partial charge >= 0.3 is 0 Å². The van der Waals surface area contributed by atoms with Crippen LogP contribution < -0.4 is 5.73 Å². The van der Waals surface area contributed by atoms with Gasteiger partial charge in [0.1, 0.15) is 0 Å². The Morgan fingerprint density at radius 3 is 2.22 bits per heavy atom. The minimum absolute atomic E-state index is 0.743. The number of hydrogen-bond donors (Lipinski definition) is 1. The fourth-order valence-corrected chi connectivity index (χ4v) is 4.86. The lowest BCUT2D eigenvalue weighted by atomic mass is 9.43. The summed E-state index contributed by atoms with van der Waals surface area (Å²) >= 11 is 2.60. The predicted molar refractivity (Wildman–Crippen MR) is 46.7 cm³/mol. The summed E-state index contributed by atoms with van der Waals surface area (Å²) in [5, 5.41) is 0. The molecule has 0 spiro atoms. The molecule has 0 heterocycles. The third-order valence-electron chi connectivity index (χ3n) is 2.75. The van der Waals surface area contributed by atoms with Gasteiger partial charge in [0, 0.05) is 3.42 Å². The van der Waals surface area contributed by atoms with Crippen molar-refractivity contribution in [2.45, 2.75) is 29.1 Å². The molecule has 3 aliphatic rings. The molecule has 2 heteroatoms. The first-order chi connectivity index (χ1) is 4.18. The summed E-state index contributed by atoms with van der Waals surface area (Å²) in [6.07, 6.45) is 5.64. The van der Waals surface area contributed by atoms with Gasteiger partial charge in [-0.25, -0.2) is 0 Å². The largest absolute Gasteiger partial charge is 0.330 e. The van der Waals surface area contributed by atoms with E-state index in [4.69, 9.17) is 5.73 Å². The van der Waals surface area contributed by atoms with Gasteiger partial charge in [0.05, 0.1) is 0 Å². The predicted octanol–water partition coefficient (Wildman–Crippen LogP) is 1.69. The summed E-state index contributed by atoms with van der Waals surface area (Å²) in [4.78, 5) is 0. The minimum Gasteiger partial charge on any atom is -0.330 e. The normalized spacial score (nSPS) is 54.0. The van der Waals surface area contributed by atoms with Gasteiger partial charge in [0.15, 0.2) is 0 Å². The van der Waals surface area contributed by atoms with Crippen LogP contribution >= 0.6 is 22.6 Å². The Morgan fingerprint density at radius 1 is 1.33 bits per heavy atom. The van der Waals surface area contributed by atoms with Gasteiger partial charge in [-0.05, 0) is 37.6 Å². The molecule has 0 aromatic rings. The quantitative estimate of drug-likeness (QED) is 0.574. The Balaban J connectivity index is 1.90. The first kappa shape index (κ1) is 6.40. The topological polar surface area (TPSA) is 26.0 Å². The Hall–Kier alpha value is 0.690. The average molecular weight is 237 g/mol. The Kier molecular flexibility index (Phi) is 1.17. The van der Waals surface area contributed by atoms with Crippen LogP contribution in [-0.2, 0) is 0 Å². The second-order valence-corrected chi connectivity index (χ2v) is 6.01. The van der Waals surface area contributed by atoms with E-state index < -0.39 is 0 Å². The van der Waals surface area contributed by atoms with Crippen molar-refractivity contribution in [2.24, 2.45) is 11.1 Å². The van der Waals surface area contributed by atoms with E-state index in [0.29, 0.717) is 0 Å². The van der Waals surface area contributed by atoms with E-state index in [1.807, 2.05) is 0 Å². The molecular formula is C7H12IN. The van der Waals surface area contributed by atoms with Gasteiger partial charge in [-0.15, -0.1) is 0 Å². The molecule has 0 atom stereocenters. The van der Waals surface area contributed by atoms with Crippen LogP contribution in [0.25, 0.3) is 0 Å². The molecule has 9 heavy (non-hydrogen) atoms. The van der Waals surface area contributed by atoms with Crippen LogP contribution in [0.15, 0.2) is 0 Å². The molecule has 2 N–H and O–H groups in total. The summed E-state index contributed by atoms with van der Waals surface area (Å²) in [6.45, 7) is 0.896. The highest BCUT2D eigenvalue weighted by Crippen LogP contribution is 2.73. The van der Waals surface area contributed by atoms with E-state index in [2.05, 4.69) is 22.6 Å². The highest BCUT2D eigenvalue weighted by atomic mass is 127. The molecule has 0 aliphatic heterocycles. The van der Waals surface area contributed by atoms with Crippen molar-refractivity contribution in [3.05, 3.63) is 0 Å². The molecule has 3 aliphatic carbocycles. The SMILES string of the molecule is NCCC12CC(I)(C1)C2. The van der Waals surface area contributed by atoms with E-state index in [0.717, 1.165) is 15.4 Å². The van der Waals surface area contributed by atoms with Crippen molar-refractivity contribution < 1.29 is 0 Å². The Morgan fingerprint density at radius 2 is 1.89 bits per heavy atom. The second kappa shape index (κ2) is 1.64. The maximum Gasteiger partial charge on any atom is 0.0238 e. The van der Waals surface area contributed by atoms with E-state index in [9.17, 15) is 0 Å². The number of alkyl halides is 1. The van der Waals surface area contributed by atoms with Crippen LogP contribution in [0.5, 0.6) is 0 Å². The number of rotatable bonds is 2. The van der Waals surface area contributed by atoms with Crippen molar-refractivity contribution in [2.75, 3.05) is 6.54 Å². The van der Waals surface area contributed by atoms with Gasteiger partial charge < -0.3 is 5.73 Å². The van der Waals surface area contributed by atoms with Crippen molar-refractivity contribution in [3.8, 4) is 0 Å². The monoisotopic (exact) mass is 237 g/mol. The third-order valence-corrected chi connectivity index (χ3v) is 3.89. The maximum absolute atomic E-state index is 5.49. The molecule has 0 unspecified atom stereocenters. The minimum atomic E-state index is 0.743. The maximum atomic E-state index is 5.49. The lowest BCUT2D eigenvalue weighted by Gasteiger charge is -2.68. The molecule has 0 aromatic carbocycles. The molecular weight excluding hydrogens is 225 g/mol. The van der Waals surface area contributed by atoms with Crippen LogP contribution in [0.2, 0.25) is 0 Å². The van der Waals surface area contributed by atoms with Gasteiger partial charge in [-0.2, -0.15) is 0 Å². The average Bonchev–Trinajstić information content (AvgIpc) is 1.60. The number of hydrogen-bond acceptors (Lipinski definition) is 1. The summed E-state index contributed by atoms with van der Waals surface area (Å²) < 4.78 is 0.743. The van der Waals surface area contributed by atoms with Crippen molar-refractivity contribution >= 4 is 22.6 Å². The molecule has 52 valence electrons. The zero-order valence-corrected chi connectivity index (χ0v) is 7.65. The van der Waals surface area contributed by atoms with Crippen molar-refractivity contribution in [3.63, 3.8) is 0 Å². The van der Waals surface area contributed by atoms with E-state index in [1.165, 1.54) is 25.7 Å². The molecule has 0 amide bonds. The first-order valence-electron chi connectivity index (χ1n) is 3.57. The molecule has 2 bridgehead atoms. The Labute approximate surface area is 69.5 Å². The molecule has 3 fully saturated rings. The molecule has 1 nitrogen and oxygen atoms in total. The zero-order chi connectivity index (χ0) is 6.54. The van der Waals surface area contributed by atoms with Crippen LogP contribution in [0.4, 0.5) is 0 Å². The Bertz CT molecular complexity index is 118. The number of halogens is 1. The van der Waals surface area contributed by atoms with E-state index in [-0.39, 0.29) is 0 Å². The highest BCUT2D eigenvalue weighted by molar-refractivity contribution is 14.1. The van der Waals surface area contributed by atoms with Gasteiger partial charge in [0.2, 0.25) is 0 Å².